The second-order valence-corrected chi connectivity index (χ2v) is 7.06. The number of hydrogen-bond donors (Lipinski definition) is 2. The Kier molecular flexibility index (Phi) is 5.55. The summed E-state index contributed by atoms with van der Waals surface area (Å²) in [7, 11) is 0. The Morgan fingerprint density at radius 2 is 1.52 bits per heavy atom. The Morgan fingerprint density at radius 3 is 2.22 bits per heavy atom. The third-order valence-corrected chi connectivity index (χ3v) is 4.64. The van der Waals surface area contributed by atoms with Crippen molar-refractivity contribution in [2.24, 2.45) is 5.92 Å². The molecule has 1 atom stereocenters. The Labute approximate surface area is 159 Å². The second-order valence-electron chi connectivity index (χ2n) is 7.06. The highest BCUT2D eigenvalue weighted by Gasteiger charge is 2.25. The van der Waals surface area contributed by atoms with Crippen molar-refractivity contribution in [1.82, 2.24) is 5.32 Å². The minimum atomic E-state index is -0.622. The molecule has 27 heavy (non-hydrogen) atoms. The first kappa shape index (κ1) is 18.6. The molecule has 138 valence electrons. The molecule has 0 fully saturated rings. The molecule has 0 radical (unpaired) electrons. The number of fused-ring (bicyclic) bond motifs is 1. The molecule has 0 aliphatic carbocycles. The molecule has 0 saturated heterocycles. The van der Waals surface area contributed by atoms with Crippen molar-refractivity contribution in [3.63, 3.8) is 0 Å². The molecule has 2 amide bonds. The summed E-state index contributed by atoms with van der Waals surface area (Å²) in [5, 5.41) is 7.98. The first-order valence-electron chi connectivity index (χ1n) is 9.12. The number of hydrogen-bond acceptors (Lipinski definition) is 2. The SMILES string of the molecule is Cc1ccccc1C(=O)N[C@H](C(=O)Nc1ccc2ccccc2c1)C(C)C. The second kappa shape index (κ2) is 8.04. The number of carbonyl (C=O) groups excluding carboxylic acids is 2. The van der Waals surface area contributed by atoms with Gasteiger partial charge in [0.05, 0.1) is 0 Å². The summed E-state index contributed by atoms with van der Waals surface area (Å²) in [6, 6.07) is 20.5. The maximum absolute atomic E-state index is 12.8. The monoisotopic (exact) mass is 360 g/mol. The molecule has 3 rings (SSSR count). The zero-order valence-corrected chi connectivity index (χ0v) is 15.8. The lowest BCUT2D eigenvalue weighted by Gasteiger charge is -2.22. The molecule has 0 bridgehead atoms. The van der Waals surface area contributed by atoms with Crippen LogP contribution in [0.15, 0.2) is 66.7 Å². The number of benzene rings is 3. The van der Waals surface area contributed by atoms with Crippen molar-refractivity contribution in [3.8, 4) is 0 Å². The van der Waals surface area contributed by atoms with Crippen LogP contribution in [0, 0.1) is 12.8 Å². The molecule has 0 aliphatic heterocycles. The smallest absolute Gasteiger partial charge is 0.252 e. The maximum atomic E-state index is 12.8. The molecule has 4 nitrogen and oxygen atoms in total. The van der Waals surface area contributed by atoms with E-state index in [1.807, 2.05) is 81.4 Å². The van der Waals surface area contributed by atoms with Gasteiger partial charge in [-0.15, -0.1) is 0 Å². The van der Waals surface area contributed by atoms with Crippen LogP contribution in [0.1, 0.15) is 29.8 Å². The van der Waals surface area contributed by atoms with Gasteiger partial charge in [-0.2, -0.15) is 0 Å². The minimum Gasteiger partial charge on any atom is -0.340 e. The summed E-state index contributed by atoms with van der Waals surface area (Å²) in [5.41, 5.74) is 2.18. The van der Waals surface area contributed by atoms with E-state index in [0.29, 0.717) is 5.56 Å². The summed E-state index contributed by atoms with van der Waals surface area (Å²) in [6.07, 6.45) is 0. The molecule has 0 heterocycles. The highest BCUT2D eigenvalue weighted by molar-refractivity contribution is 6.02. The molecule has 0 aliphatic rings. The molecule has 3 aromatic carbocycles. The third-order valence-electron chi connectivity index (χ3n) is 4.64. The summed E-state index contributed by atoms with van der Waals surface area (Å²) >= 11 is 0. The van der Waals surface area contributed by atoms with Gasteiger partial charge in [0.2, 0.25) is 5.91 Å². The van der Waals surface area contributed by atoms with Crippen LogP contribution in [0.25, 0.3) is 10.8 Å². The molecule has 0 unspecified atom stereocenters. The van der Waals surface area contributed by atoms with Gasteiger partial charge in [-0.3, -0.25) is 9.59 Å². The Morgan fingerprint density at radius 1 is 0.852 bits per heavy atom. The summed E-state index contributed by atoms with van der Waals surface area (Å²) in [6.45, 7) is 5.72. The van der Waals surface area contributed by atoms with E-state index >= 15 is 0 Å². The van der Waals surface area contributed by atoms with E-state index < -0.39 is 6.04 Å². The highest BCUT2D eigenvalue weighted by Crippen LogP contribution is 2.19. The third kappa shape index (κ3) is 4.34. The van der Waals surface area contributed by atoms with E-state index in [9.17, 15) is 9.59 Å². The van der Waals surface area contributed by atoms with Gasteiger partial charge in [0.25, 0.3) is 5.91 Å². The van der Waals surface area contributed by atoms with Crippen LogP contribution < -0.4 is 10.6 Å². The van der Waals surface area contributed by atoms with Gasteiger partial charge in [-0.05, 0) is 47.4 Å². The molecule has 0 aromatic heterocycles. The number of anilines is 1. The largest absolute Gasteiger partial charge is 0.340 e. The van der Waals surface area contributed by atoms with Gasteiger partial charge in [0.1, 0.15) is 6.04 Å². The average Bonchev–Trinajstić information content (AvgIpc) is 2.65. The minimum absolute atomic E-state index is 0.0431. The van der Waals surface area contributed by atoms with Crippen LogP contribution in [0.2, 0.25) is 0 Å². The highest BCUT2D eigenvalue weighted by atomic mass is 16.2. The van der Waals surface area contributed by atoms with E-state index in [2.05, 4.69) is 10.6 Å². The number of carbonyl (C=O) groups is 2. The van der Waals surface area contributed by atoms with Crippen LogP contribution in [0.5, 0.6) is 0 Å². The van der Waals surface area contributed by atoms with E-state index in [1.54, 1.807) is 6.07 Å². The number of amides is 2. The Hall–Kier alpha value is -3.14. The molecule has 0 spiro atoms. The van der Waals surface area contributed by atoms with Crippen molar-refractivity contribution in [2.45, 2.75) is 26.8 Å². The predicted octanol–water partition coefficient (Wildman–Crippen LogP) is 4.54. The van der Waals surface area contributed by atoms with Gasteiger partial charge < -0.3 is 10.6 Å². The number of nitrogens with one attached hydrogen (secondary N) is 2. The summed E-state index contributed by atoms with van der Waals surface area (Å²) in [4.78, 5) is 25.4. The lowest BCUT2D eigenvalue weighted by molar-refractivity contribution is -0.118. The number of rotatable bonds is 5. The van der Waals surface area contributed by atoms with Crippen molar-refractivity contribution in [1.29, 1.82) is 0 Å². The normalized spacial score (nSPS) is 12.0. The fourth-order valence-corrected chi connectivity index (χ4v) is 3.07. The first-order valence-corrected chi connectivity index (χ1v) is 9.12. The first-order chi connectivity index (χ1) is 13.0. The van der Waals surface area contributed by atoms with Crippen molar-refractivity contribution >= 4 is 28.3 Å². The van der Waals surface area contributed by atoms with Crippen LogP contribution in [-0.4, -0.2) is 17.9 Å². The van der Waals surface area contributed by atoms with Crippen molar-refractivity contribution in [3.05, 3.63) is 77.9 Å². The van der Waals surface area contributed by atoms with Crippen LogP contribution in [0.4, 0.5) is 5.69 Å². The Balaban J connectivity index is 1.76. The fraction of sp³-hybridized carbons (Fsp3) is 0.217. The van der Waals surface area contributed by atoms with Gasteiger partial charge in [-0.1, -0.05) is 62.4 Å². The van der Waals surface area contributed by atoms with Crippen LogP contribution in [-0.2, 0) is 4.79 Å². The molecule has 4 heteroatoms. The Bertz CT molecular complexity index is 979. The molecule has 0 saturated carbocycles. The van der Waals surface area contributed by atoms with Crippen LogP contribution >= 0.6 is 0 Å². The maximum Gasteiger partial charge on any atom is 0.252 e. The molecule has 2 N–H and O–H groups in total. The predicted molar refractivity (Wildman–Crippen MR) is 110 cm³/mol. The molecule has 3 aromatic rings. The van der Waals surface area contributed by atoms with Gasteiger partial charge in [0, 0.05) is 11.3 Å². The zero-order valence-electron chi connectivity index (χ0n) is 15.8. The fourth-order valence-electron chi connectivity index (χ4n) is 3.07. The van der Waals surface area contributed by atoms with Crippen molar-refractivity contribution in [2.75, 3.05) is 5.32 Å². The van der Waals surface area contributed by atoms with Crippen molar-refractivity contribution < 1.29 is 9.59 Å². The molecular weight excluding hydrogens is 336 g/mol. The topological polar surface area (TPSA) is 58.2 Å². The van der Waals surface area contributed by atoms with Crippen LogP contribution in [0.3, 0.4) is 0 Å². The lowest BCUT2D eigenvalue weighted by atomic mass is 10.0. The van der Waals surface area contributed by atoms with E-state index in [4.69, 9.17) is 0 Å². The van der Waals surface area contributed by atoms with E-state index in [1.165, 1.54) is 0 Å². The molecular formula is C23H24N2O2. The average molecular weight is 360 g/mol. The summed E-state index contributed by atoms with van der Waals surface area (Å²) < 4.78 is 0. The lowest BCUT2D eigenvalue weighted by Crippen LogP contribution is -2.47. The number of aryl methyl sites for hydroxylation is 1. The van der Waals surface area contributed by atoms with Gasteiger partial charge in [0.15, 0.2) is 0 Å². The standard InChI is InChI=1S/C23H24N2O2/c1-15(2)21(25-22(26)20-11-7-4-8-16(20)3)23(27)24-19-13-12-17-9-5-6-10-18(17)14-19/h4-15,21H,1-3H3,(H,24,27)(H,25,26)/t21-/m0/s1. The van der Waals surface area contributed by atoms with Gasteiger partial charge in [-0.25, -0.2) is 0 Å². The van der Waals surface area contributed by atoms with E-state index in [0.717, 1.165) is 22.0 Å². The quantitative estimate of drug-likeness (QED) is 0.702. The zero-order chi connectivity index (χ0) is 19.4. The summed E-state index contributed by atoms with van der Waals surface area (Å²) in [5.74, 6) is -0.499. The van der Waals surface area contributed by atoms with Gasteiger partial charge >= 0.3 is 0 Å². The van der Waals surface area contributed by atoms with E-state index in [-0.39, 0.29) is 17.7 Å².